The summed E-state index contributed by atoms with van der Waals surface area (Å²) in [6.07, 6.45) is 0. The Morgan fingerprint density at radius 1 is 0.964 bits per heavy atom. The van der Waals surface area contributed by atoms with Crippen LogP contribution in [0.1, 0.15) is 4.88 Å². The smallest absolute Gasteiger partial charge is 0.248 e. The van der Waals surface area contributed by atoms with Crippen molar-refractivity contribution < 1.29 is 17.2 Å². The molecule has 4 aromatic rings. The number of halogens is 1. The molecule has 28 heavy (non-hydrogen) atoms. The Hall–Kier alpha value is -2.88. The first-order valence-corrected chi connectivity index (χ1v) is 10.6. The van der Waals surface area contributed by atoms with Crippen molar-refractivity contribution in [3.05, 3.63) is 76.7 Å². The minimum Gasteiger partial charge on any atom is -0.416 e. The zero-order valence-corrected chi connectivity index (χ0v) is 16.0. The van der Waals surface area contributed by atoms with Gasteiger partial charge in [-0.3, -0.25) is 0 Å². The second-order valence-electron chi connectivity index (χ2n) is 5.83. The monoisotopic (exact) mass is 415 g/mol. The van der Waals surface area contributed by atoms with Crippen molar-refractivity contribution in [2.45, 2.75) is 11.4 Å². The van der Waals surface area contributed by atoms with Crippen LogP contribution in [0.25, 0.3) is 22.9 Å². The van der Waals surface area contributed by atoms with Crippen molar-refractivity contribution in [3.63, 3.8) is 0 Å². The van der Waals surface area contributed by atoms with Gasteiger partial charge in [-0.2, -0.15) is 0 Å². The number of rotatable bonds is 6. The van der Waals surface area contributed by atoms with E-state index in [-0.39, 0.29) is 12.4 Å². The molecule has 0 aliphatic rings. The van der Waals surface area contributed by atoms with Crippen molar-refractivity contribution >= 4 is 21.4 Å². The zero-order chi connectivity index (χ0) is 19.6. The van der Waals surface area contributed by atoms with Gasteiger partial charge < -0.3 is 4.42 Å². The molecular weight excluding hydrogens is 401 g/mol. The van der Waals surface area contributed by atoms with Crippen LogP contribution in [0, 0.1) is 5.82 Å². The average molecular weight is 415 g/mol. The van der Waals surface area contributed by atoms with Gasteiger partial charge in [0.2, 0.25) is 21.8 Å². The summed E-state index contributed by atoms with van der Waals surface area (Å²) in [7, 11) is -4.05. The van der Waals surface area contributed by atoms with Crippen molar-refractivity contribution in [2.24, 2.45) is 0 Å². The summed E-state index contributed by atoms with van der Waals surface area (Å²) in [5.41, 5.74) is 1.04. The summed E-state index contributed by atoms with van der Waals surface area (Å²) in [6.45, 7) is 0.0857. The molecule has 0 fully saturated rings. The molecule has 0 saturated carbocycles. The number of nitrogens with zero attached hydrogens (tertiary/aromatic N) is 2. The standard InChI is InChI=1S/C19H14FN3O3S2/c20-16-9-8-14(19-23-22-18(26-19)13-5-2-1-3-6-13)11-17(16)28(24,25)21-12-15-7-4-10-27-15/h1-11,21H,12H2. The maximum Gasteiger partial charge on any atom is 0.248 e. The Morgan fingerprint density at radius 2 is 1.71 bits per heavy atom. The van der Waals surface area contributed by atoms with E-state index < -0.39 is 20.7 Å². The van der Waals surface area contributed by atoms with Gasteiger partial charge in [-0.15, -0.1) is 21.5 Å². The fraction of sp³-hybridized carbons (Fsp3) is 0.0526. The van der Waals surface area contributed by atoms with Gasteiger partial charge >= 0.3 is 0 Å². The predicted octanol–water partition coefficient (Wildman–Crippen LogP) is 4.08. The van der Waals surface area contributed by atoms with E-state index in [9.17, 15) is 12.8 Å². The lowest BCUT2D eigenvalue weighted by molar-refractivity contribution is 0.556. The highest BCUT2D eigenvalue weighted by Gasteiger charge is 2.21. The van der Waals surface area contributed by atoms with Gasteiger partial charge in [0, 0.05) is 22.5 Å². The minimum absolute atomic E-state index is 0.0857. The Bertz CT molecular complexity index is 1190. The van der Waals surface area contributed by atoms with Crippen LogP contribution >= 0.6 is 11.3 Å². The van der Waals surface area contributed by atoms with Crippen LogP contribution in [-0.2, 0) is 16.6 Å². The average Bonchev–Trinajstić information content (AvgIpc) is 3.40. The highest BCUT2D eigenvalue weighted by atomic mass is 32.2. The molecule has 2 heterocycles. The van der Waals surface area contributed by atoms with Crippen LogP contribution < -0.4 is 4.72 Å². The van der Waals surface area contributed by atoms with Crippen molar-refractivity contribution in [1.82, 2.24) is 14.9 Å². The normalized spacial score (nSPS) is 11.6. The summed E-state index contributed by atoms with van der Waals surface area (Å²) in [5.74, 6) is -0.459. The fourth-order valence-electron chi connectivity index (χ4n) is 2.54. The largest absolute Gasteiger partial charge is 0.416 e. The molecule has 0 spiro atoms. The Morgan fingerprint density at radius 3 is 2.43 bits per heavy atom. The van der Waals surface area contributed by atoms with Crippen molar-refractivity contribution in [2.75, 3.05) is 0 Å². The molecule has 0 saturated heterocycles. The number of sulfonamides is 1. The maximum absolute atomic E-state index is 14.2. The molecule has 0 atom stereocenters. The van der Waals surface area contributed by atoms with Crippen LogP contribution in [0.5, 0.6) is 0 Å². The van der Waals surface area contributed by atoms with Gasteiger partial charge in [0.25, 0.3) is 0 Å². The molecule has 0 bridgehead atoms. The van der Waals surface area contributed by atoms with Gasteiger partial charge in [0.1, 0.15) is 10.7 Å². The van der Waals surface area contributed by atoms with Crippen LogP contribution in [0.4, 0.5) is 4.39 Å². The third kappa shape index (κ3) is 3.86. The van der Waals surface area contributed by atoms with Crippen LogP contribution in [-0.4, -0.2) is 18.6 Å². The summed E-state index contributed by atoms with van der Waals surface area (Å²) in [5, 5.41) is 9.76. The second-order valence-corrected chi connectivity index (χ2v) is 8.60. The molecule has 0 aliphatic heterocycles. The summed E-state index contributed by atoms with van der Waals surface area (Å²) < 4.78 is 47.4. The molecular formula is C19H14FN3O3S2. The third-order valence-corrected chi connectivity index (χ3v) is 6.22. The molecule has 9 heteroatoms. The first kappa shape index (κ1) is 18.5. The summed E-state index contributed by atoms with van der Waals surface area (Å²) >= 11 is 1.41. The number of hydrogen-bond acceptors (Lipinski definition) is 6. The minimum atomic E-state index is -4.05. The molecule has 6 nitrogen and oxygen atoms in total. The number of hydrogen-bond donors (Lipinski definition) is 1. The van der Waals surface area contributed by atoms with Gasteiger partial charge in [-0.05, 0) is 41.8 Å². The molecule has 0 unspecified atom stereocenters. The molecule has 4 rings (SSSR count). The lowest BCUT2D eigenvalue weighted by Gasteiger charge is -2.08. The van der Waals surface area contributed by atoms with E-state index in [2.05, 4.69) is 14.9 Å². The topological polar surface area (TPSA) is 85.1 Å². The molecule has 142 valence electrons. The molecule has 1 N–H and O–H groups in total. The predicted molar refractivity (Wildman–Crippen MR) is 103 cm³/mol. The third-order valence-electron chi connectivity index (χ3n) is 3.93. The van der Waals surface area contributed by atoms with Gasteiger partial charge in [0.15, 0.2) is 0 Å². The first-order valence-electron chi connectivity index (χ1n) is 8.24. The maximum atomic E-state index is 14.2. The lowest BCUT2D eigenvalue weighted by atomic mass is 10.2. The Kier molecular flexibility index (Phi) is 5.03. The highest BCUT2D eigenvalue weighted by Crippen LogP contribution is 2.27. The van der Waals surface area contributed by atoms with E-state index in [0.29, 0.717) is 11.5 Å². The first-order chi connectivity index (χ1) is 13.5. The number of benzene rings is 2. The molecule has 0 radical (unpaired) electrons. The van der Waals surface area contributed by atoms with E-state index >= 15 is 0 Å². The van der Waals surface area contributed by atoms with Crippen LogP contribution in [0.3, 0.4) is 0 Å². The Labute approximate surface area is 164 Å². The van der Waals surface area contributed by atoms with Crippen molar-refractivity contribution in [1.29, 1.82) is 0 Å². The van der Waals surface area contributed by atoms with E-state index in [0.717, 1.165) is 16.5 Å². The van der Waals surface area contributed by atoms with Crippen LogP contribution in [0.15, 0.2) is 75.4 Å². The molecule has 0 aliphatic carbocycles. The fourth-order valence-corrected chi connectivity index (χ4v) is 4.38. The summed E-state index contributed by atoms with van der Waals surface area (Å²) in [6, 6.07) is 16.4. The van der Waals surface area contributed by atoms with E-state index in [4.69, 9.17) is 4.42 Å². The van der Waals surface area contributed by atoms with Gasteiger partial charge in [-0.25, -0.2) is 17.5 Å². The second kappa shape index (κ2) is 7.63. The molecule has 0 amide bonds. The molecule has 2 aromatic heterocycles. The quantitative estimate of drug-likeness (QED) is 0.513. The zero-order valence-electron chi connectivity index (χ0n) is 14.4. The Balaban J connectivity index is 1.63. The number of thiophene rings is 1. The highest BCUT2D eigenvalue weighted by molar-refractivity contribution is 7.89. The van der Waals surface area contributed by atoms with E-state index in [1.807, 2.05) is 41.8 Å². The van der Waals surface area contributed by atoms with Gasteiger partial charge in [-0.1, -0.05) is 24.3 Å². The SMILES string of the molecule is O=S(=O)(NCc1cccs1)c1cc(-c2nnc(-c3ccccc3)o2)ccc1F. The van der Waals surface area contributed by atoms with Crippen molar-refractivity contribution in [3.8, 4) is 22.9 Å². The van der Waals surface area contributed by atoms with Crippen LogP contribution in [0.2, 0.25) is 0 Å². The van der Waals surface area contributed by atoms with E-state index in [1.165, 1.54) is 23.5 Å². The molecule has 2 aromatic carbocycles. The summed E-state index contributed by atoms with van der Waals surface area (Å²) in [4.78, 5) is 0.352. The number of aromatic nitrogens is 2. The van der Waals surface area contributed by atoms with Gasteiger partial charge in [0.05, 0.1) is 0 Å². The number of nitrogens with one attached hydrogen (secondary N) is 1. The van der Waals surface area contributed by atoms with E-state index in [1.54, 1.807) is 6.07 Å². The lowest BCUT2D eigenvalue weighted by Crippen LogP contribution is -2.23.